The standard InChI is InChI=1S/C21H17F2N5O2/c1-29-14-7-8-16-15(9-14)21-26-25-18(11-30-13-5-3-2-4-6-13)27(21)10-17-19(20(22)23)24-12-28(16)17/h2-9,12,20H,10-11H2,1H3. The van der Waals surface area contributed by atoms with E-state index in [0.717, 1.165) is 0 Å². The molecular formula is C21H17F2N5O2. The summed E-state index contributed by atoms with van der Waals surface area (Å²) in [6.45, 7) is 0.293. The first kappa shape index (κ1) is 18.3. The molecule has 0 N–H and O–H groups in total. The number of aromatic nitrogens is 5. The molecule has 1 aliphatic heterocycles. The summed E-state index contributed by atoms with van der Waals surface area (Å²) in [6, 6.07) is 14.7. The Bertz CT molecular complexity index is 1200. The van der Waals surface area contributed by atoms with Crippen molar-refractivity contribution in [1.82, 2.24) is 24.3 Å². The molecule has 0 fully saturated rings. The van der Waals surface area contributed by atoms with Crippen LogP contribution in [0.4, 0.5) is 8.78 Å². The van der Waals surface area contributed by atoms with Crippen LogP contribution < -0.4 is 9.47 Å². The van der Waals surface area contributed by atoms with Crippen LogP contribution in [-0.4, -0.2) is 31.4 Å². The van der Waals surface area contributed by atoms with Gasteiger partial charge in [0.05, 0.1) is 25.0 Å². The number of benzene rings is 2. The number of methoxy groups -OCH3 is 1. The lowest BCUT2D eigenvalue weighted by atomic mass is 10.1. The Morgan fingerprint density at radius 3 is 2.67 bits per heavy atom. The van der Waals surface area contributed by atoms with Crippen molar-refractivity contribution in [2.24, 2.45) is 0 Å². The van der Waals surface area contributed by atoms with E-state index in [1.54, 1.807) is 28.4 Å². The number of halogens is 2. The van der Waals surface area contributed by atoms with E-state index in [2.05, 4.69) is 15.2 Å². The Kier molecular flexibility index (Phi) is 4.42. The van der Waals surface area contributed by atoms with Gasteiger partial charge in [0.1, 0.15) is 30.1 Å². The van der Waals surface area contributed by atoms with Crippen molar-refractivity contribution < 1.29 is 18.3 Å². The van der Waals surface area contributed by atoms with Crippen molar-refractivity contribution in [3.8, 4) is 28.6 Å². The van der Waals surface area contributed by atoms with Gasteiger partial charge in [-0.2, -0.15) is 0 Å². The number of hydrogen-bond donors (Lipinski definition) is 0. The molecule has 0 saturated heterocycles. The molecule has 0 bridgehead atoms. The minimum absolute atomic E-state index is 0.145. The summed E-state index contributed by atoms with van der Waals surface area (Å²) in [7, 11) is 1.57. The summed E-state index contributed by atoms with van der Waals surface area (Å²) in [5.41, 5.74) is 1.53. The highest BCUT2D eigenvalue weighted by atomic mass is 19.3. The molecule has 2 aromatic carbocycles. The number of para-hydroxylation sites is 1. The molecule has 30 heavy (non-hydrogen) atoms. The Labute approximate surface area is 170 Å². The van der Waals surface area contributed by atoms with E-state index in [0.29, 0.717) is 40.1 Å². The van der Waals surface area contributed by atoms with Gasteiger partial charge in [-0.1, -0.05) is 18.2 Å². The second kappa shape index (κ2) is 7.25. The van der Waals surface area contributed by atoms with Crippen LogP contribution >= 0.6 is 0 Å². The maximum absolute atomic E-state index is 13.6. The highest BCUT2D eigenvalue weighted by Gasteiger charge is 2.28. The molecule has 5 rings (SSSR count). The Hall–Kier alpha value is -3.75. The zero-order valence-electron chi connectivity index (χ0n) is 16.0. The molecule has 4 aromatic rings. The molecule has 3 heterocycles. The fourth-order valence-corrected chi connectivity index (χ4v) is 3.59. The van der Waals surface area contributed by atoms with E-state index < -0.39 is 6.43 Å². The molecule has 7 nitrogen and oxygen atoms in total. The molecule has 0 amide bonds. The first-order valence-corrected chi connectivity index (χ1v) is 9.28. The third kappa shape index (κ3) is 2.99. The van der Waals surface area contributed by atoms with Gasteiger partial charge in [-0.3, -0.25) is 0 Å². The lowest BCUT2D eigenvalue weighted by Crippen LogP contribution is -2.11. The van der Waals surface area contributed by atoms with Gasteiger partial charge in [0.15, 0.2) is 11.6 Å². The van der Waals surface area contributed by atoms with E-state index in [9.17, 15) is 8.78 Å². The first-order chi connectivity index (χ1) is 14.7. The number of ether oxygens (including phenoxy) is 2. The molecule has 0 saturated carbocycles. The van der Waals surface area contributed by atoms with Crippen molar-refractivity contribution in [1.29, 1.82) is 0 Å². The van der Waals surface area contributed by atoms with Gasteiger partial charge in [-0.25, -0.2) is 13.8 Å². The van der Waals surface area contributed by atoms with Crippen LogP contribution in [0.1, 0.15) is 23.6 Å². The van der Waals surface area contributed by atoms with Gasteiger partial charge in [-0.05, 0) is 30.3 Å². The number of nitrogens with zero attached hydrogens (tertiary/aromatic N) is 5. The van der Waals surface area contributed by atoms with Crippen LogP contribution in [0.3, 0.4) is 0 Å². The lowest BCUT2D eigenvalue weighted by molar-refractivity contribution is 0.145. The lowest BCUT2D eigenvalue weighted by Gasteiger charge is -2.10. The number of alkyl halides is 2. The normalized spacial score (nSPS) is 12.1. The first-order valence-electron chi connectivity index (χ1n) is 9.28. The van der Waals surface area contributed by atoms with Crippen LogP contribution in [0.5, 0.6) is 11.5 Å². The molecular weight excluding hydrogens is 392 g/mol. The monoisotopic (exact) mass is 409 g/mol. The summed E-state index contributed by atoms with van der Waals surface area (Å²) in [5, 5.41) is 8.61. The van der Waals surface area contributed by atoms with Gasteiger partial charge in [0, 0.05) is 5.56 Å². The molecule has 0 aliphatic carbocycles. The van der Waals surface area contributed by atoms with Gasteiger partial charge in [0.2, 0.25) is 0 Å². The van der Waals surface area contributed by atoms with Crippen LogP contribution in [0.15, 0.2) is 54.9 Å². The van der Waals surface area contributed by atoms with Crippen LogP contribution in [0, 0.1) is 0 Å². The van der Waals surface area contributed by atoms with Gasteiger partial charge < -0.3 is 18.6 Å². The Balaban J connectivity index is 1.63. The van der Waals surface area contributed by atoms with Gasteiger partial charge in [0.25, 0.3) is 6.43 Å². The average molecular weight is 409 g/mol. The molecule has 0 unspecified atom stereocenters. The van der Waals surface area contributed by atoms with Crippen LogP contribution in [0.25, 0.3) is 17.1 Å². The second-order valence-electron chi connectivity index (χ2n) is 6.76. The molecule has 0 atom stereocenters. The molecule has 0 spiro atoms. The molecule has 1 aliphatic rings. The van der Waals surface area contributed by atoms with Crippen molar-refractivity contribution in [2.75, 3.05) is 7.11 Å². The molecule has 2 aromatic heterocycles. The minimum Gasteiger partial charge on any atom is -0.497 e. The van der Waals surface area contributed by atoms with Crippen LogP contribution in [-0.2, 0) is 13.2 Å². The predicted octanol–water partition coefficient (Wildman–Crippen LogP) is 4.02. The number of rotatable bonds is 5. The van der Waals surface area contributed by atoms with E-state index in [-0.39, 0.29) is 18.8 Å². The third-order valence-electron chi connectivity index (χ3n) is 5.06. The van der Waals surface area contributed by atoms with Crippen molar-refractivity contribution in [2.45, 2.75) is 19.6 Å². The zero-order valence-corrected chi connectivity index (χ0v) is 16.0. The Morgan fingerprint density at radius 1 is 1.07 bits per heavy atom. The SMILES string of the molecule is COc1ccc2c(c1)-c1nnc(COc3ccccc3)n1Cc1c(C(F)F)ncn1-2. The summed E-state index contributed by atoms with van der Waals surface area (Å²) in [4.78, 5) is 3.96. The zero-order chi connectivity index (χ0) is 20.7. The fraction of sp³-hybridized carbons (Fsp3) is 0.190. The highest BCUT2D eigenvalue weighted by molar-refractivity contribution is 5.71. The highest BCUT2D eigenvalue weighted by Crippen LogP contribution is 2.36. The average Bonchev–Trinajstić information content (AvgIpc) is 3.34. The van der Waals surface area contributed by atoms with Gasteiger partial charge in [-0.15, -0.1) is 10.2 Å². The fourth-order valence-electron chi connectivity index (χ4n) is 3.59. The van der Waals surface area contributed by atoms with Gasteiger partial charge >= 0.3 is 0 Å². The van der Waals surface area contributed by atoms with E-state index in [4.69, 9.17) is 9.47 Å². The summed E-state index contributed by atoms with van der Waals surface area (Å²) in [5.74, 6) is 2.39. The maximum atomic E-state index is 13.6. The Morgan fingerprint density at radius 2 is 1.90 bits per heavy atom. The van der Waals surface area contributed by atoms with Crippen LogP contribution in [0.2, 0.25) is 0 Å². The third-order valence-corrected chi connectivity index (χ3v) is 5.06. The number of imidazole rings is 1. The largest absolute Gasteiger partial charge is 0.497 e. The molecule has 9 heteroatoms. The maximum Gasteiger partial charge on any atom is 0.282 e. The van der Waals surface area contributed by atoms with Crippen molar-refractivity contribution in [3.05, 3.63) is 72.1 Å². The van der Waals surface area contributed by atoms with Crippen molar-refractivity contribution in [3.63, 3.8) is 0 Å². The summed E-state index contributed by atoms with van der Waals surface area (Å²) >= 11 is 0. The summed E-state index contributed by atoms with van der Waals surface area (Å²) < 4.78 is 41.9. The van der Waals surface area contributed by atoms with Crippen molar-refractivity contribution >= 4 is 0 Å². The minimum atomic E-state index is -2.69. The number of hydrogen-bond acceptors (Lipinski definition) is 5. The quantitative estimate of drug-likeness (QED) is 0.439. The second-order valence-corrected chi connectivity index (χ2v) is 6.76. The molecule has 152 valence electrons. The summed E-state index contributed by atoms with van der Waals surface area (Å²) in [6.07, 6.45) is -1.27. The van der Waals surface area contributed by atoms with E-state index in [1.807, 2.05) is 36.4 Å². The molecule has 0 radical (unpaired) electrons. The van der Waals surface area contributed by atoms with E-state index in [1.165, 1.54) is 6.33 Å². The smallest absolute Gasteiger partial charge is 0.282 e. The predicted molar refractivity (Wildman–Crippen MR) is 104 cm³/mol. The van der Waals surface area contributed by atoms with E-state index >= 15 is 0 Å². The topological polar surface area (TPSA) is 67.0 Å². The number of fused-ring (bicyclic) bond motifs is 5.